The molecule has 5 heteroatoms. The number of aryl methyl sites for hydroxylation is 1. The number of hydrogen-bond acceptors (Lipinski definition) is 4. The van der Waals surface area contributed by atoms with Crippen LogP contribution in [0.1, 0.15) is 32.2 Å². The Morgan fingerprint density at radius 2 is 2.05 bits per heavy atom. The summed E-state index contributed by atoms with van der Waals surface area (Å²) < 4.78 is 5.70. The minimum absolute atomic E-state index is 0.147. The number of amides is 1. The third-order valence-corrected chi connectivity index (χ3v) is 2.84. The van der Waals surface area contributed by atoms with Crippen molar-refractivity contribution in [2.45, 2.75) is 40.3 Å². The SMILES string of the molecule is CNC(=O)C(C)Oc1ccc(C)nc1CNCC(C)C. The fraction of sp³-hybridized carbons (Fsp3) is 0.600. The normalized spacial score (nSPS) is 12.3. The van der Waals surface area contributed by atoms with Gasteiger partial charge in [-0.1, -0.05) is 13.8 Å². The number of rotatable bonds is 7. The summed E-state index contributed by atoms with van der Waals surface area (Å²) in [7, 11) is 1.60. The van der Waals surface area contributed by atoms with E-state index < -0.39 is 6.10 Å². The molecule has 1 atom stereocenters. The fourth-order valence-corrected chi connectivity index (χ4v) is 1.76. The number of pyridine rings is 1. The Hall–Kier alpha value is -1.62. The van der Waals surface area contributed by atoms with E-state index in [0.717, 1.165) is 17.9 Å². The van der Waals surface area contributed by atoms with Crippen LogP contribution in [0.2, 0.25) is 0 Å². The Morgan fingerprint density at radius 3 is 2.65 bits per heavy atom. The molecule has 0 saturated heterocycles. The molecule has 0 fully saturated rings. The molecular formula is C15H25N3O2. The van der Waals surface area contributed by atoms with Crippen molar-refractivity contribution in [2.24, 2.45) is 5.92 Å². The molecule has 1 rings (SSSR count). The van der Waals surface area contributed by atoms with Crippen LogP contribution < -0.4 is 15.4 Å². The number of ether oxygens (including phenoxy) is 1. The molecule has 0 saturated carbocycles. The predicted octanol–water partition coefficient (Wildman–Crippen LogP) is 1.65. The van der Waals surface area contributed by atoms with Crippen LogP contribution in [0.5, 0.6) is 5.75 Å². The van der Waals surface area contributed by atoms with Gasteiger partial charge < -0.3 is 15.4 Å². The highest BCUT2D eigenvalue weighted by Crippen LogP contribution is 2.18. The smallest absolute Gasteiger partial charge is 0.260 e. The molecule has 1 heterocycles. The average molecular weight is 279 g/mol. The standard InChI is InChI=1S/C15H25N3O2/c1-10(2)8-17-9-13-14(7-6-11(3)18-13)20-12(4)15(19)16-5/h6-7,10,12,17H,8-9H2,1-5H3,(H,16,19). The third kappa shape index (κ3) is 5.17. The lowest BCUT2D eigenvalue weighted by Gasteiger charge is -2.17. The molecule has 0 radical (unpaired) electrons. The summed E-state index contributed by atoms with van der Waals surface area (Å²) in [5, 5.41) is 5.92. The molecule has 0 aromatic carbocycles. The van der Waals surface area contributed by atoms with Gasteiger partial charge in [-0.05, 0) is 38.4 Å². The molecule has 0 bridgehead atoms. The van der Waals surface area contributed by atoms with Gasteiger partial charge in [-0.25, -0.2) is 0 Å². The van der Waals surface area contributed by atoms with E-state index in [-0.39, 0.29) is 5.91 Å². The number of carbonyl (C=O) groups excluding carboxylic acids is 1. The molecule has 5 nitrogen and oxygen atoms in total. The van der Waals surface area contributed by atoms with E-state index in [1.165, 1.54) is 0 Å². The lowest BCUT2D eigenvalue weighted by Crippen LogP contribution is -2.34. The Kier molecular flexibility index (Phi) is 6.45. The summed E-state index contributed by atoms with van der Waals surface area (Å²) in [6, 6.07) is 3.76. The molecule has 1 unspecified atom stereocenters. The van der Waals surface area contributed by atoms with Gasteiger partial charge in [-0.3, -0.25) is 9.78 Å². The molecule has 0 spiro atoms. The molecule has 0 aliphatic heterocycles. The minimum atomic E-state index is -0.534. The zero-order valence-corrected chi connectivity index (χ0v) is 13.0. The van der Waals surface area contributed by atoms with Crippen LogP contribution in [-0.4, -0.2) is 30.6 Å². The van der Waals surface area contributed by atoms with Crippen molar-refractivity contribution in [3.05, 3.63) is 23.5 Å². The molecular weight excluding hydrogens is 254 g/mol. The summed E-state index contributed by atoms with van der Waals surface area (Å²) in [5.74, 6) is 1.09. The van der Waals surface area contributed by atoms with Crippen LogP contribution in [0, 0.1) is 12.8 Å². The predicted molar refractivity (Wildman–Crippen MR) is 79.7 cm³/mol. The van der Waals surface area contributed by atoms with Gasteiger partial charge in [-0.2, -0.15) is 0 Å². The average Bonchev–Trinajstić information content (AvgIpc) is 2.40. The Morgan fingerprint density at radius 1 is 1.35 bits per heavy atom. The van der Waals surface area contributed by atoms with E-state index >= 15 is 0 Å². The summed E-state index contributed by atoms with van der Waals surface area (Å²) in [4.78, 5) is 16.0. The van der Waals surface area contributed by atoms with Crippen molar-refractivity contribution < 1.29 is 9.53 Å². The number of nitrogens with zero attached hydrogens (tertiary/aromatic N) is 1. The highest BCUT2D eigenvalue weighted by Gasteiger charge is 2.15. The molecule has 1 amide bonds. The van der Waals surface area contributed by atoms with Crippen LogP contribution in [0.25, 0.3) is 0 Å². The largest absolute Gasteiger partial charge is 0.479 e. The summed E-state index contributed by atoms with van der Waals surface area (Å²) in [5.41, 5.74) is 1.77. The summed E-state index contributed by atoms with van der Waals surface area (Å²) >= 11 is 0. The minimum Gasteiger partial charge on any atom is -0.479 e. The topological polar surface area (TPSA) is 63.2 Å². The Balaban J connectivity index is 2.76. The Bertz CT molecular complexity index is 447. The second-order valence-corrected chi connectivity index (χ2v) is 5.30. The first-order valence-electron chi connectivity index (χ1n) is 6.99. The first-order chi connectivity index (χ1) is 9.43. The maximum absolute atomic E-state index is 11.5. The maximum atomic E-state index is 11.5. The van der Waals surface area contributed by atoms with Gasteiger partial charge in [0.15, 0.2) is 6.10 Å². The van der Waals surface area contributed by atoms with Crippen molar-refractivity contribution in [1.29, 1.82) is 0 Å². The quantitative estimate of drug-likeness (QED) is 0.796. The van der Waals surface area contributed by atoms with E-state index in [1.54, 1.807) is 14.0 Å². The first kappa shape index (κ1) is 16.4. The van der Waals surface area contributed by atoms with Gasteiger partial charge in [0.1, 0.15) is 5.75 Å². The van der Waals surface area contributed by atoms with Crippen molar-refractivity contribution in [1.82, 2.24) is 15.6 Å². The highest BCUT2D eigenvalue weighted by atomic mass is 16.5. The van der Waals surface area contributed by atoms with E-state index in [4.69, 9.17) is 4.74 Å². The molecule has 0 aliphatic rings. The first-order valence-corrected chi connectivity index (χ1v) is 6.99. The van der Waals surface area contributed by atoms with Gasteiger partial charge in [0.2, 0.25) is 0 Å². The van der Waals surface area contributed by atoms with Gasteiger partial charge >= 0.3 is 0 Å². The molecule has 112 valence electrons. The number of likely N-dealkylation sites (N-methyl/N-ethyl adjacent to an activating group) is 1. The van der Waals surface area contributed by atoms with E-state index in [9.17, 15) is 4.79 Å². The van der Waals surface area contributed by atoms with Crippen molar-refractivity contribution in [3.63, 3.8) is 0 Å². The highest BCUT2D eigenvalue weighted by molar-refractivity contribution is 5.80. The summed E-state index contributed by atoms with van der Waals surface area (Å²) in [6.45, 7) is 9.53. The van der Waals surface area contributed by atoms with Gasteiger partial charge in [0.25, 0.3) is 5.91 Å². The van der Waals surface area contributed by atoms with Crippen LogP contribution in [0.3, 0.4) is 0 Å². The van der Waals surface area contributed by atoms with Crippen molar-refractivity contribution in [3.8, 4) is 5.75 Å². The van der Waals surface area contributed by atoms with E-state index in [0.29, 0.717) is 18.2 Å². The van der Waals surface area contributed by atoms with Crippen molar-refractivity contribution >= 4 is 5.91 Å². The Labute approximate surface area is 121 Å². The van der Waals surface area contributed by atoms with Crippen LogP contribution in [0.15, 0.2) is 12.1 Å². The van der Waals surface area contributed by atoms with E-state index in [1.807, 2.05) is 19.1 Å². The lowest BCUT2D eigenvalue weighted by atomic mass is 10.2. The van der Waals surface area contributed by atoms with E-state index in [2.05, 4.69) is 29.5 Å². The monoisotopic (exact) mass is 279 g/mol. The second-order valence-electron chi connectivity index (χ2n) is 5.30. The van der Waals surface area contributed by atoms with Gasteiger partial charge in [0, 0.05) is 19.3 Å². The molecule has 1 aromatic rings. The molecule has 2 N–H and O–H groups in total. The molecule has 0 aliphatic carbocycles. The molecule has 1 aromatic heterocycles. The van der Waals surface area contributed by atoms with Gasteiger partial charge in [-0.15, -0.1) is 0 Å². The number of nitrogens with one attached hydrogen (secondary N) is 2. The lowest BCUT2D eigenvalue weighted by molar-refractivity contribution is -0.126. The molecule has 20 heavy (non-hydrogen) atoms. The second kappa shape index (κ2) is 7.85. The number of aromatic nitrogens is 1. The fourth-order valence-electron chi connectivity index (χ4n) is 1.76. The third-order valence-electron chi connectivity index (χ3n) is 2.84. The van der Waals surface area contributed by atoms with Gasteiger partial charge in [0.05, 0.1) is 5.69 Å². The maximum Gasteiger partial charge on any atom is 0.260 e. The van der Waals surface area contributed by atoms with Crippen LogP contribution in [-0.2, 0) is 11.3 Å². The zero-order chi connectivity index (χ0) is 15.1. The van der Waals surface area contributed by atoms with Crippen molar-refractivity contribution in [2.75, 3.05) is 13.6 Å². The summed E-state index contributed by atoms with van der Waals surface area (Å²) in [6.07, 6.45) is -0.534. The van der Waals surface area contributed by atoms with Crippen LogP contribution >= 0.6 is 0 Å². The van der Waals surface area contributed by atoms with Crippen LogP contribution in [0.4, 0.5) is 0 Å². The zero-order valence-electron chi connectivity index (χ0n) is 13.0. The number of hydrogen-bond donors (Lipinski definition) is 2. The number of carbonyl (C=O) groups is 1.